The standard InChI is InChI=1S/C69H128O5/c1-3-5-7-9-11-13-15-17-19-21-23-25-26-27-28-29-30-31-32-33-34-35-36-37-38-39-40-41-42-44-45-47-49-51-53-55-57-59-61-63-68(71)73-66-67(65-70)74-69(72)64-62-60-58-56-54-52-50-48-46-43-24-22-20-18-16-14-12-10-8-6-4-2/h16,18,21-24,46,48,67,70H,3-15,17,19-20,25-45,47,49-66H2,1-2H3/b18-16-,23-21-,24-22-,48-46-. The molecular formula is C69H128O5. The van der Waals surface area contributed by atoms with Crippen LogP contribution >= 0.6 is 0 Å². The van der Waals surface area contributed by atoms with Gasteiger partial charge in [0.15, 0.2) is 6.10 Å². The summed E-state index contributed by atoms with van der Waals surface area (Å²) in [4.78, 5) is 24.6. The van der Waals surface area contributed by atoms with E-state index < -0.39 is 6.10 Å². The molecule has 0 saturated heterocycles. The van der Waals surface area contributed by atoms with Crippen LogP contribution in [0.4, 0.5) is 0 Å². The molecule has 1 N–H and O–H groups in total. The molecule has 0 aliphatic carbocycles. The lowest BCUT2D eigenvalue weighted by Crippen LogP contribution is -2.28. The maximum absolute atomic E-state index is 12.3. The molecular weight excluding hydrogens is 909 g/mol. The number of aliphatic hydroxyl groups excluding tert-OH is 1. The number of carbonyl (C=O) groups is 2. The number of hydrogen-bond acceptors (Lipinski definition) is 5. The van der Waals surface area contributed by atoms with Crippen molar-refractivity contribution in [1.82, 2.24) is 0 Å². The van der Waals surface area contributed by atoms with E-state index in [1.807, 2.05) is 0 Å². The van der Waals surface area contributed by atoms with Crippen molar-refractivity contribution < 1.29 is 24.2 Å². The zero-order chi connectivity index (χ0) is 53.4. The molecule has 434 valence electrons. The molecule has 0 rings (SSSR count). The SMILES string of the molecule is CCCCCCC/C=C\C/C=C\C/C=C\CCCCCCCCC(=O)OC(CO)COC(=O)CCCCCCCCCCCCCCCCCCCCCCCCCCCCC/C=C\CCCCCCCCCC. The summed E-state index contributed by atoms with van der Waals surface area (Å²) < 4.78 is 10.7. The van der Waals surface area contributed by atoms with Crippen LogP contribution in [0.2, 0.25) is 0 Å². The van der Waals surface area contributed by atoms with Crippen molar-refractivity contribution in [1.29, 1.82) is 0 Å². The first-order chi connectivity index (χ1) is 36.6. The Morgan fingerprint density at radius 3 is 0.824 bits per heavy atom. The van der Waals surface area contributed by atoms with Crippen LogP contribution < -0.4 is 0 Å². The van der Waals surface area contributed by atoms with Gasteiger partial charge in [-0.05, 0) is 77.0 Å². The van der Waals surface area contributed by atoms with Gasteiger partial charge in [-0.15, -0.1) is 0 Å². The van der Waals surface area contributed by atoms with Crippen LogP contribution in [0.25, 0.3) is 0 Å². The molecule has 0 aromatic rings. The Balaban J connectivity index is 3.39. The highest BCUT2D eigenvalue weighted by Gasteiger charge is 2.16. The van der Waals surface area contributed by atoms with Gasteiger partial charge in [0, 0.05) is 12.8 Å². The molecule has 0 spiro atoms. The zero-order valence-electron chi connectivity index (χ0n) is 49.9. The van der Waals surface area contributed by atoms with Crippen molar-refractivity contribution in [3.05, 3.63) is 48.6 Å². The van der Waals surface area contributed by atoms with Crippen molar-refractivity contribution in [2.75, 3.05) is 13.2 Å². The highest BCUT2D eigenvalue weighted by atomic mass is 16.6. The van der Waals surface area contributed by atoms with Crippen LogP contribution in [0.5, 0.6) is 0 Å². The van der Waals surface area contributed by atoms with Gasteiger partial charge < -0.3 is 14.6 Å². The predicted molar refractivity (Wildman–Crippen MR) is 325 cm³/mol. The number of esters is 2. The molecule has 0 fully saturated rings. The number of aliphatic hydroxyl groups is 1. The average molecular weight is 1040 g/mol. The van der Waals surface area contributed by atoms with Crippen molar-refractivity contribution >= 4 is 11.9 Å². The van der Waals surface area contributed by atoms with Crippen LogP contribution in [-0.4, -0.2) is 36.4 Å². The topological polar surface area (TPSA) is 72.8 Å². The third kappa shape index (κ3) is 62.4. The van der Waals surface area contributed by atoms with Crippen molar-refractivity contribution in [3.63, 3.8) is 0 Å². The lowest BCUT2D eigenvalue weighted by molar-refractivity contribution is -0.161. The summed E-state index contributed by atoms with van der Waals surface area (Å²) in [5.74, 6) is -0.589. The van der Waals surface area contributed by atoms with Gasteiger partial charge in [-0.25, -0.2) is 0 Å². The Kier molecular flexibility index (Phi) is 63.3. The van der Waals surface area contributed by atoms with E-state index in [4.69, 9.17) is 9.47 Å². The van der Waals surface area contributed by atoms with E-state index in [-0.39, 0.29) is 25.2 Å². The summed E-state index contributed by atoms with van der Waals surface area (Å²) in [6.45, 7) is 4.16. The summed E-state index contributed by atoms with van der Waals surface area (Å²) in [6.07, 6.45) is 87.1. The largest absolute Gasteiger partial charge is 0.462 e. The van der Waals surface area contributed by atoms with Crippen LogP contribution in [0.3, 0.4) is 0 Å². The number of allylic oxidation sites excluding steroid dienone is 8. The summed E-state index contributed by atoms with van der Waals surface area (Å²) in [5, 5.41) is 9.67. The molecule has 74 heavy (non-hydrogen) atoms. The second-order valence-corrected chi connectivity index (χ2v) is 22.5. The summed E-state index contributed by atoms with van der Waals surface area (Å²) in [5.41, 5.74) is 0. The molecule has 5 nitrogen and oxygen atoms in total. The quantitative estimate of drug-likeness (QED) is 0.0373. The predicted octanol–water partition coefficient (Wildman–Crippen LogP) is 22.8. The number of unbranched alkanes of at least 4 members (excludes halogenated alkanes) is 46. The van der Waals surface area contributed by atoms with Gasteiger partial charge in [-0.1, -0.05) is 319 Å². The van der Waals surface area contributed by atoms with Gasteiger partial charge in [0.2, 0.25) is 0 Å². The smallest absolute Gasteiger partial charge is 0.306 e. The van der Waals surface area contributed by atoms with Crippen molar-refractivity contribution in [2.24, 2.45) is 0 Å². The van der Waals surface area contributed by atoms with E-state index in [0.717, 1.165) is 57.8 Å². The molecule has 0 aliphatic heterocycles. The van der Waals surface area contributed by atoms with E-state index in [0.29, 0.717) is 12.8 Å². The van der Waals surface area contributed by atoms with Crippen LogP contribution in [0.15, 0.2) is 48.6 Å². The number of ether oxygens (including phenoxy) is 2. The molecule has 1 atom stereocenters. The third-order valence-corrected chi connectivity index (χ3v) is 15.1. The fraction of sp³-hybridized carbons (Fsp3) is 0.855. The van der Waals surface area contributed by atoms with Crippen LogP contribution in [0, 0.1) is 0 Å². The molecule has 1 unspecified atom stereocenters. The Morgan fingerprint density at radius 2 is 0.541 bits per heavy atom. The first-order valence-electron chi connectivity index (χ1n) is 33.2. The Labute approximate surface area is 462 Å². The molecule has 0 saturated carbocycles. The van der Waals surface area contributed by atoms with Crippen LogP contribution in [-0.2, 0) is 19.1 Å². The minimum Gasteiger partial charge on any atom is -0.462 e. The van der Waals surface area contributed by atoms with E-state index in [9.17, 15) is 14.7 Å². The van der Waals surface area contributed by atoms with Crippen molar-refractivity contribution in [2.45, 2.75) is 367 Å². The minimum absolute atomic E-state index is 0.0682. The minimum atomic E-state index is -0.779. The average Bonchev–Trinajstić information content (AvgIpc) is 3.40. The molecule has 0 bridgehead atoms. The summed E-state index contributed by atoms with van der Waals surface area (Å²) in [6, 6.07) is 0. The van der Waals surface area contributed by atoms with E-state index in [2.05, 4.69) is 62.5 Å². The highest BCUT2D eigenvalue weighted by molar-refractivity contribution is 5.70. The number of hydrogen-bond donors (Lipinski definition) is 1. The molecule has 0 heterocycles. The van der Waals surface area contributed by atoms with Gasteiger partial charge in [0.25, 0.3) is 0 Å². The van der Waals surface area contributed by atoms with Gasteiger partial charge in [0.1, 0.15) is 6.61 Å². The van der Waals surface area contributed by atoms with Gasteiger partial charge in [-0.2, -0.15) is 0 Å². The molecule has 0 amide bonds. The van der Waals surface area contributed by atoms with E-state index >= 15 is 0 Å². The zero-order valence-corrected chi connectivity index (χ0v) is 49.9. The molecule has 0 radical (unpaired) electrons. The Bertz CT molecular complexity index is 1220. The molecule has 5 heteroatoms. The second kappa shape index (κ2) is 65.1. The Hall–Kier alpha value is -2.14. The Morgan fingerprint density at radius 1 is 0.311 bits per heavy atom. The number of carbonyl (C=O) groups excluding carboxylic acids is 2. The summed E-state index contributed by atoms with van der Waals surface area (Å²) in [7, 11) is 0. The number of rotatable bonds is 62. The van der Waals surface area contributed by atoms with Gasteiger partial charge in [-0.3, -0.25) is 9.59 Å². The van der Waals surface area contributed by atoms with Gasteiger partial charge in [0.05, 0.1) is 6.61 Å². The summed E-state index contributed by atoms with van der Waals surface area (Å²) >= 11 is 0. The fourth-order valence-corrected chi connectivity index (χ4v) is 10.1. The first kappa shape index (κ1) is 71.9. The maximum Gasteiger partial charge on any atom is 0.306 e. The fourth-order valence-electron chi connectivity index (χ4n) is 10.1. The lowest BCUT2D eigenvalue weighted by atomic mass is 10.0. The maximum atomic E-state index is 12.3. The normalized spacial score (nSPS) is 12.4. The molecule has 0 aliphatic rings. The first-order valence-corrected chi connectivity index (χ1v) is 33.2. The monoisotopic (exact) mass is 1040 g/mol. The van der Waals surface area contributed by atoms with Crippen molar-refractivity contribution in [3.8, 4) is 0 Å². The van der Waals surface area contributed by atoms with Crippen LogP contribution in [0.1, 0.15) is 361 Å². The second-order valence-electron chi connectivity index (χ2n) is 22.5. The lowest BCUT2D eigenvalue weighted by Gasteiger charge is -2.15. The molecule has 0 aromatic heterocycles. The highest BCUT2D eigenvalue weighted by Crippen LogP contribution is 2.18. The van der Waals surface area contributed by atoms with E-state index in [1.165, 1.54) is 276 Å². The molecule has 0 aromatic carbocycles. The van der Waals surface area contributed by atoms with Gasteiger partial charge >= 0.3 is 11.9 Å². The third-order valence-electron chi connectivity index (χ3n) is 15.1. The van der Waals surface area contributed by atoms with E-state index in [1.54, 1.807) is 0 Å².